The number of hydrogen-bond donors (Lipinski definition) is 3. The third-order valence-electron chi connectivity index (χ3n) is 10.9. The van der Waals surface area contributed by atoms with E-state index in [1.165, 1.54) is 0 Å². The van der Waals surface area contributed by atoms with Crippen molar-refractivity contribution in [3.05, 3.63) is 276 Å². The van der Waals surface area contributed by atoms with E-state index in [1.54, 1.807) is 12.1 Å². The van der Waals surface area contributed by atoms with Crippen molar-refractivity contribution in [1.82, 2.24) is 19.5 Å². The van der Waals surface area contributed by atoms with Crippen LogP contribution >= 0.6 is 0 Å². The smallest absolute Gasteiger partial charge is 0.269 e. The van der Waals surface area contributed by atoms with Crippen molar-refractivity contribution < 1.29 is 4.92 Å². The molecule has 0 spiro atoms. The average Bonchev–Trinajstić information content (AvgIpc) is 4.11. The fraction of sp³-hybridized carbons (Fsp3) is 0.0196. The molecule has 1 aliphatic heterocycles. The van der Waals surface area contributed by atoms with Crippen LogP contribution in [-0.2, 0) is 6.54 Å². The predicted octanol–water partition coefficient (Wildman–Crippen LogP) is 7.73. The SMILES string of the molecule is O=[N+]([O-])c1ccc(Cn2c3ccc2=C(c2ccccc2)c2ccc([nH]2)C(c2ccccc2)=c2ccc([nH]2)=C(c2ccccc2)c2ccc([nH]2)C=3c2ccccc2)cc1. The van der Waals surface area contributed by atoms with Crippen LogP contribution in [0.5, 0.6) is 0 Å². The molecule has 0 unspecified atom stereocenters. The molecule has 3 N–H and O–H groups in total. The highest BCUT2D eigenvalue weighted by molar-refractivity contribution is 5.84. The van der Waals surface area contributed by atoms with Crippen molar-refractivity contribution in [2.45, 2.75) is 6.54 Å². The van der Waals surface area contributed by atoms with Crippen molar-refractivity contribution in [3.8, 4) is 0 Å². The standard InChI is InChI=1S/C51H37N5O2/c57-56(58)39-23-21-34(22-24-39)33-55-46-31-32-47(55)51(38-19-11-4-12-20-38)45-30-28-43(54-45)49(36-15-7-2-8-16-36)41-26-25-40(52-41)48(35-13-5-1-6-14-35)42-27-29-44(53-42)50(46)37-17-9-3-10-18-37/h1-32,52-54H,33H2. The summed E-state index contributed by atoms with van der Waals surface area (Å²) in [5.74, 6) is 0. The van der Waals surface area contributed by atoms with E-state index in [-0.39, 0.29) is 10.6 Å². The second-order valence-corrected chi connectivity index (χ2v) is 14.4. The highest BCUT2D eigenvalue weighted by Gasteiger charge is 2.20. The van der Waals surface area contributed by atoms with Gasteiger partial charge in [0.1, 0.15) is 0 Å². The molecule has 9 aromatic rings. The van der Waals surface area contributed by atoms with E-state index in [2.05, 4.69) is 165 Å². The fourth-order valence-corrected chi connectivity index (χ4v) is 8.25. The number of nitro groups is 1. The molecular formula is C51H37N5O2. The molecule has 0 atom stereocenters. The Morgan fingerprint density at radius 2 is 0.759 bits per heavy atom. The van der Waals surface area contributed by atoms with E-state index in [0.717, 1.165) is 94.3 Å². The molecule has 10 rings (SSSR count). The maximum absolute atomic E-state index is 11.7. The molecule has 1 aliphatic rings. The molecule has 0 amide bonds. The van der Waals surface area contributed by atoms with Gasteiger partial charge in [-0.3, -0.25) is 10.1 Å². The van der Waals surface area contributed by atoms with E-state index >= 15 is 0 Å². The van der Waals surface area contributed by atoms with Gasteiger partial charge in [-0.25, -0.2) is 0 Å². The van der Waals surface area contributed by atoms with Crippen molar-refractivity contribution in [2.75, 3.05) is 0 Å². The topological polar surface area (TPSA) is 95.4 Å². The molecule has 58 heavy (non-hydrogen) atoms. The predicted molar refractivity (Wildman–Crippen MR) is 230 cm³/mol. The largest absolute Gasteiger partial charge is 0.354 e. The van der Waals surface area contributed by atoms with Gasteiger partial charge in [-0.1, -0.05) is 133 Å². The molecule has 0 aliphatic carbocycles. The average molecular weight is 752 g/mol. The molecule has 4 aromatic heterocycles. The summed E-state index contributed by atoms with van der Waals surface area (Å²) >= 11 is 0. The number of H-pyrrole nitrogens is 3. The lowest BCUT2D eigenvalue weighted by atomic mass is 10.0. The van der Waals surface area contributed by atoms with Gasteiger partial charge in [0.25, 0.3) is 5.69 Å². The maximum atomic E-state index is 11.7. The number of aromatic amines is 3. The highest BCUT2D eigenvalue weighted by atomic mass is 16.6. The summed E-state index contributed by atoms with van der Waals surface area (Å²) in [5.41, 5.74) is 13.3. The monoisotopic (exact) mass is 751 g/mol. The number of benzene rings is 5. The number of nitrogens with one attached hydrogen (secondary N) is 3. The Bertz CT molecular complexity index is 3000. The Labute approximate surface area is 334 Å². The summed E-state index contributed by atoms with van der Waals surface area (Å²) < 4.78 is 2.35. The summed E-state index contributed by atoms with van der Waals surface area (Å²) in [6, 6.07) is 66.3. The molecule has 0 radical (unpaired) electrons. The maximum Gasteiger partial charge on any atom is 0.269 e. The van der Waals surface area contributed by atoms with Crippen LogP contribution in [0, 0.1) is 10.1 Å². The van der Waals surface area contributed by atoms with Gasteiger partial charge in [0.15, 0.2) is 0 Å². The summed E-state index contributed by atoms with van der Waals surface area (Å²) in [7, 11) is 0. The molecule has 7 nitrogen and oxygen atoms in total. The Morgan fingerprint density at radius 3 is 1.14 bits per heavy atom. The van der Waals surface area contributed by atoms with E-state index in [9.17, 15) is 10.1 Å². The first kappa shape index (κ1) is 34.6. The molecule has 5 heterocycles. The molecule has 7 heteroatoms. The van der Waals surface area contributed by atoms with Crippen molar-refractivity contribution in [3.63, 3.8) is 0 Å². The Hall–Kier alpha value is -7.90. The van der Waals surface area contributed by atoms with Crippen LogP contribution in [0.4, 0.5) is 5.69 Å². The minimum Gasteiger partial charge on any atom is -0.354 e. The number of rotatable bonds is 7. The van der Waals surface area contributed by atoms with E-state index in [1.807, 2.05) is 36.4 Å². The van der Waals surface area contributed by atoms with Crippen molar-refractivity contribution >= 4 is 28.0 Å². The van der Waals surface area contributed by atoms with Gasteiger partial charge in [0, 0.05) is 74.4 Å². The highest BCUT2D eigenvalue weighted by Crippen LogP contribution is 2.28. The number of aromatic nitrogens is 4. The Kier molecular flexibility index (Phi) is 8.73. The summed E-state index contributed by atoms with van der Waals surface area (Å²) in [6.45, 7) is 0.468. The normalized spacial score (nSPS) is 12.6. The molecule has 8 bridgehead atoms. The van der Waals surface area contributed by atoms with Crippen LogP contribution in [0.3, 0.4) is 0 Å². The Balaban J connectivity index is 1.38. The second-order valence-electron chi connectivity index (χ2n) is 14.4. The van der Waals surface area contributed by atoms with Crippen molar-refractivity contribution in [2.24, 2.45) is 0 Å². The van der Waals surface area contributed by atoms with E-state index in [4.69, 9.17) is 0 Å². The zero-order chi connectivity index (χ0) is 39.0. The van der Waals surface area contributed by atoms with Crippen LogP contribution in [0.2, 0.25) is 0 Å². The number of non-ortho nitro benzene ring substituents is 1. The van der Waals surface area contributed by atoms with Gasteiger partial charge in [-0.05, 0) is 76.3 Å². The Morgan fingerprint density at radius 1 is 0.397 bits per heavy atom. The first-order valence-electron chi connectivity index (χ1n) is 19.3. The lowest BCUT2D eigenvalue weighted by Crippen LogP contribution is -2.31. The lowest BCUT2D eigenvalue weighted by Gasteiger charge is -2.14. The minimum atomic E-state index is -0.353. The number of fused-ring (bicyclic) bond motifs is 8. The third kappa shape index (κ3) is 6.30. The first-order valence-corrected chi connectivity index (χ1v) is 19.3. The van der Waals surface area contributed by atoms with Crippen LogP contribution in [0.15, 0.2) is 194 Å². The second kappa shape index (κ2) is 14.6. The van der Waals surface area contributed by atoms with Crippen LogP contribution in [0.25, 0.3) is 22.3 Å². The first-order chi connectivity index (χ1) is 28.6. The van der Waals surface area contributed by atoms with E-state index < -0.39 is 0 Å². The van der Waals surface area contributed by atoms with Crippen LogP contribution < -0.4 is 21.4 Å². The van der Waals surface area contributed by atoms with E-state index in [0.29, 0.717) is 6.54 Å². The molecule has 0 fully saturated rings. The van der Waals surface area contributed by atoms with Gasteiger partial charge < -0.3 is 19.5 Å². The van der Waals surface area contributed by atoms with Crippen LogP contribution in [-0.4, -0.2) is 24.4 Å². The molecule has 0 saturated carbocycles. The third-order valence-corrected chi connectivity index (χ3v) is 10.9. The van der Waals surface area contributed by atoms with Gasteiger partial charge in [-0.15, -0.1) is 0 Å². The lowest BCUT2D eigenvalue weighted by molar-refractivity contribution is -0.384. The zero-order valence-corrected chi connectivity index (χ0v) is 31.4. The van der Waals surface area contributed by atoms with Crippen molar-refractivity contribution in [1.29, 1.82) is 0 Å². The van der Waals surface area contributed by atoms with Gasteiger partial charge in [0.05, 0.1) is 15.6 Å². The summed E-state index contributed by atoms with van der Waals surface area (Å²) in [5, 5.41) is 15.6. The number of nitro benzene ring substituents is 1. The fourth-order valence-electron chi connectivity index (χ4n) is 8.25. The molecular weight excluding hydrogens is 715 g/mol. The quantitative estimate of drug-likeness (QED) is 0.115. The summed E-state index contributed by atoms with van der Waals surface area (Å²) in [6.07, 6.45) is 0. The van der Waals surface area contributed by atoms with Crippen LogP contribution in [0.1, 0.15) is 50.6 Å². The van der Waals surface area contributed by atoms with Gasteiger partial charge in [-0.2, -0.15) is 0 Å². The summed E-state index contributed by atoms with van der Waals surface area (Å²) in [4.78, 5) is 22.9. The van der Waals surface area contributed by atoms with Gasteiger partial charge in [0.2, 0.25) is 0 Å². The van der Waals surface area contributed by atoms with Gasteiger partial charge >= 0.3 is 0 Å². The zero-order valence-electron chi connectivity index (χ0n) is 31.4. The molecule has 0 saturated heterocycles. The number of nitrogens with zero attached hydrogens (tertiary/aromatic N) is 2. The molecule has 5 aromatic carbocycles. The number of hydrogen-bond acceptors (Lipinski definition) is 2. The molecule has 278 valence electrons. The minimum absolute atomic E-state index is 0.0636.